The third kappa shape index (κ3) is 5.12. The molecular formula is C12H16Cl2N2O4S. The monoisotopic (exact) mass is 354 g/mol. The molecule has 0 bridgehead atoms. The molecule has 0 aliphatic heterocycles. The van der Waals surface area contributed by atoms with Crippen LogP contribution in [0, 0.1) is 0 Å². The van der Waals surface area contributed by atoms with E-state index in [0.29, 0.717) is 13.2 Å². The van der Waals surface area contributed by atoms with Gasteiger partial charge in [-0.2, -0.15) is 0 Å². The third-order valence-electron chi connectivity index (χ3n) is 2.51. The predicted octanol–water partition coefficient (Wildman–Crippen LogP) is 1.80. The van der Waals surface area contributed by atoms with Crippen LogP contribution in [0.15, 0.2) is 17.0 Å². The number of sulfonamides is 1. The molecule has 1 atom stereocenters. The summed E-state index contributed by atoms with van der Waals surface area (Å²) in [6.45, 7) is 4.46. The van der Waals surface area contributed by atoms with Crippen LogP contribution in [0.25, 0.3) is 0 Å². The van der Waals surface area contributed by atoms with E-state index in [0.717, 1.165) is 6.07 Å². The number of nitrogens with one attached hydrogen (secondary N) is 1. The number of halogens is 2. The van der Waals surface area contributed by atoms with Crippen molar-refractivity contribution < 1.29 is 17.9 Å². The highest BCUT2D eigenvalue weighted by Gasteiger charge is 2.20. The van der Waals surface area contributed by atoms with Crippen LogP contribution < -0.4 is 10.5 Å². The molecule has 0 aliphatic rings. The Morgan fingerprint density at radius 2 is 2.05 bits per heavy atom. The zero-order valence-corrected chi connectivity index (χ0v) is 13.8. The molecule has 6 nitrogen and oxygen atoms in total. The number of ether oxygens (including phenoxy) is 1. The highest BCUT2D eigenvalue weighted by atomic mass is 35.5. The Kier molecular flexibility index (Phi) is 6.42. The van der Waals surface area contributed by atoms with Gasteiger partial charge in [-0.25, -0.2) is 13.6 Å². The van der Waals surface area contributed by atoms with Crippen LogP contribution >= 0.6 is 23.2 Å². The Balaban J connectivity index is 3.04. The van der Waals surface area contributed by atoms with E-state index in [1.54, 1.807) is 6.92 Å². The van der Waals surface area contributed by atoms with E-state index in [1.165, 1.54) is 6.07 Å². The standard InChI is InChI=1S/C12H16Cl2N2O4S/c1-3-20-6-7(2)16-12(17)8-4-9(13)11(14)10(5-8)21(15,18)19/h4-5,7H,3,6H2,1-2H3,(H,16,17)(H2,15,18,19). The van der Waals surface area contributed by atoms with Crippen molar-refractivity contribution in [1.29, 1.82) is 0 Å². The van der Waals surface area contributed by atoms with Crippen LogP contribution in [-0.4, -0.2) is 33.6 Å². The summed E-state index contributed by atoms with van der Waals surface area (Å²) in [5.41, 5.74) is 0.0526. The molecule has 1 rings (SSSR count). The lowest BCUT2D eigenvalue weighted by Gasteiger charge is -2.14. The Morgan fingerprint density at radius 3 is 2.57 bits per heavy atom. The maximum atomic E-state index is 12.1. The zero-order chi connectivity index (χ0) is 16.2. The van der Waals surface area contributed by atoms with Crippen LogP contribution in [0.3, 0.4) is 0 Å². The molecule has 0 fully saturated rings. The number of carbonyl (C=O) groups is 1. The molecule has 21 heavy (non-hydrogen) atoms. The van der Waals surface area contributed by atoms with Crippen molar-refractivity contribution in [1.82, 2.24) is 5.32 Å². The van der Waals surface area contributed by atoms with Crippen LogP contribution in [-0.2, 0) is 14.8 Å². The average Bonchev–Trinajstić information content (AvgIpc) is 2.37. The van der Waals surface area contributed by atoms with E-state index in [2.05, 4.69) is 5.32 Å². The fourth-order valence-corrected chi connectivity index (χ4v) is 2.90. The highest BCUT2D eigenvalue weighted by molar-refractivity contribution is 7.89. The molecule has 0 heterocycles. The number of hydrogen-bond acceptors (Lipinski definition) is 4. The lowest BCUT2D eigenvalue weighted by Crippen LogP contribution is -2.36. The van der Waals surface area contributed by atoms with E-state index in [9.17, 15) is 13.2 Å². The Morgan fingerprint density at radius 1 is 1.43 bits per heavy atom. The summed E-state index contributed by atoms with van der Waals surface area (Å²) >= 11 is 11.6. The van der Waals surface area contributed by atoms with E-state index < -0.39 is 15.9 Å². The van der Waals surface area contributed by atoms with Crippen LogP contribution in [0.4, 0.5) is 0 Å². The van der Waals surface area contributed by atoms with Crippen molar-refractivity contribution in [2.45, 2.75) is 24.8 Å². The summed E-state index contributed by atoms with van der Waals surface area (Å²) < 4.78 is 28.0. The normalized spacial score (nSPS) is 13.0. The topological polar surface area (TPSA) is 98.5 Å². The van der Waals surface area contributed by atoms with Gasteiger partial charge in [0, 0.05) is 18.2 Å². The molecule has 118 valence electrons. The van der Waals surface area contributed by atoms with Crippen LogP contribution in [0.1, 0.15) is 24.2 Å². The second-order valence-electron chi connectivity index (χ2n) is 4.35. The molecule has 1 amide bonds. The lowest BCUT2D eigenvalue weighted by molar-refractivity contribution is 0.0872. The van der Waals surface area contributed by atoms with Gasteiger partial charge in [0.25, 0.3) is 5.91 Å². The number of nitrogens with two attached hydrogens (primary N) is 1. The highest BCUT2D eigenvalue weighted by Crippen LogP contribution is 2.30. The van der Waals surface area contributed by atoms with Gasteiger partial charge in [0.05, 0.1) is 16.7 Å². The molecule has 9 heteroatoms. The van der Waals surface area contributed by atoms with Gasteiger partial charge < -0.3 is 10.1 Å². The molecule has 3 N–H and O–H groups in total. The van der Waals surface area contributed by atoms with Gasteiger partial charge in [0.15, 0.2) is 0 Å². The molecule has 0 saturated carbocycles. The molecular weight excluding hydrogens is 339 g/mol. The average molecular weight is 355 g/mol. The van der Waals surface area contributed by atoms with Crippen molar-refractivity contribution >= 4 is 39.1 Å². The van der Waals surface area contributed by atoms with Crippen molar-refractivity contribution in [2.75, 3.05) is 13.2 Å². The minimum absolute atomic E-state index is 0.0526. The number of benzene rings is 1. The van der Waals surface area contributed by atoms with Gasteiger partial charge in [-0.05, 0) is 26.0 Å². The Hall–Kier alpha value is -0.860. The quantitative estimate of drug-likeness (QED) is 0.813. The summed E-state index contributed by atoms with van der Waals surface area (Å²) in [4.78, 5) is 11.7. The van der Waals surface area contributed by atoms with Gasteiger partial charge in [-0.1, -0.05) is 23.2 Å². The fourth-order valence-electron chi connectivity index (χ4n) is 1.55. The molecule has 0 saturated heterocycles. The number of carbonyl (C=O) groups excluding carboxylic acids is 1. The molecule has 0 aliphatic carbocycles. The van der Waals surface area contributed by atoms with Gasteiger partial charge in [-0.3, -0.25) is 4.79 Å². The van der Waals surface area contributed by atoms with Crippen molar-refractivity contribution in [3.05, 3.63) is 27.7 Å². The van der Waals surface area contributed by atoms with E-state index in [4.69, 9.17) is 33.1 Å². The van der Waals surface area contributed by atoms with Crippen LogP contribution in [0.5, 0.6) is 0 Å². The van der Waals surface area contributed by atoms with E-state index >= 15 is 0 Å². The smallest absolute Gasteiger partial charge is 0.251 e. The fraction of sp³-hybridized carbons (Fsp3) is 0.417. The summed E-state index contributed by atoms with van der Waals surface area (Å²) in [7, 11) is -4.08. The van der Waals surface area contributed by atoms with Gasteiger partial charge >= 0.3 is 0 Å². The molecule has 1 aromatic carbocycles. The second kappa shape index (κ2) is 7.42. The van der Waals surface area contributed by atoms with Crippen molar-refractivity contribution in [2.24, 2.45) is 5.14 Å². The number of rotatable bonds is 6. The SMILES string of the molecule is CCOCC(C)NC(=O)c1cc(Cl)c(Cl)c(S(N)(=O)=O)c1. The Labute approximate surface area is 133 Å². The number of amides is 1. The minimum Gasteiger partial charge on any atom is -0.380 e. The molecule has 0 spiro atoms. The lowest BCUT2D eigenvalue weighted by atomic mass is 10.2. The molecule has 1 aromatic rings. The summed E-state index contributed by atoms with van der Waals surface area (Å²) in [6.07, 6.45) is 0. The maximum absolute atomic E-state index is 12.1. The first-order chi connectivity index (χ1) is 9.66. The summed E-state index contributed by atoms with van der Waals surface area (Å²) in [6, 6.07) is 2.12. The third-order valence-corrected chi connectivity index (χ3v) is 4.36. The van der Waals surface area contributed by atoms with Crippen LogP contribution in [0.2, 0.25) is 10.0 Å². The predicted molar refractivity (Wildman–Crippen MR) is 81.3 cm³/mol. The van der Waals surface area contributed by atoms with E-state index in [1.807, 2.05) is 6.92 Å². The zero-order valence-electron chi connectivity index (χ0n) is 11.5. The number of hydrogen-bond donors (Lipinski definition) is 2. The largest absolute Gasteiger partial charge is 0.380 e. The molecule has 0 aromatic heterocycles. The van der Waals surface area contributed by atoms with Gasteiger partial charge in [0.2, 0.25) is 10.0 Å². The first kappa shape index (κ1) is 18.2. The van der Waals surface area contributed by atoms with Gasteiger partial charge in [-0.15, -0.1) is 0 Å². The first-order valence-corrected chi connectivity index (χ1v) is 8.37. The second-order valence-corrected chi connectivity index (χ2v) is 6.66. The Bertz CT molecular complexity index is 634. The van der Waals surface area contributed by atoms with E-state index in [-0.39, 0.29) is 26.5 Å². The van der Waals surface area contributed by atoms with Gasteiger partial charge in [0.1, 0.15) is 4.90 Å². The summed E-state index contributed by atoms with van der Waals surface area (Å²) in [5, 5.41) is 7.42. The molecule has 1 unspecified atom stereocenters. The minimum atomic E-state index is -4.08. The maximum Gasteiger partial charge on any atom is 0.251 e. The van der Waals surface area contributed by atoms with Crippen molar-refractivity contribution in [3.63, 3.8) is 0 Å². The number of primary sulfonamides is 1. The summed E-state index contributed by atoms with van der Waals surface area (Å²) in [5.74, 6) is -0.495. The van der Waals surface area contributed by atoms with Crippen molar-refractivity contribution in [3.8, 4) is 0 Å². The first-order valence-electron chi connectivity index (χ1n) is 6.07. The molecule has 0 radical (unpaired) electrons.